The maximum absolute atomic E-state index is 5.51. The third kappa shape index (κ3) is 9.05. The van der Waals surface area contributed by atoms with E-state index in [4.69, 9.17) is 4.74 Å². The van der Waals surface area contributed by atoms with Crippen molar-refractivity contribution in [1.29, 1.82) is 0 Å². The van der Waals surface area contributed by atoms with Crippen molar-refractivity contribution in [2.75, 3.05) is 12.0 Å². The van der Waals surface area contributed by atoms with Gasteiger partial charge in [0, 0.05) is 17.1 Å². The van der Waals surface area contributed by atoms with Crippen LogP contribution in [-0.2, 0) is 0 Å². The van der Waals surface area contributed by atoms with Crippen LogP contribution in [0.4, 0.5) is 17.1 Å². The molecule has 2 nitrogen and oxygen atoms in total. The second-order valence-electron chi connectivity index (χ2n) is 15.0. The molecule has 61 heavy (non-hydrogen) atoms. The van der Waals surface area contributed by atoms with Gasteiger partial charge in [-0.3, -0.25) is 0 Å². The fourth-order valence-corrected chi connectivity index (χ4v) is 7.80. The molecule has 9 aromatic carbocycles. The highest BCUT2D eigenvalue weighted by Crippen LogP contribution is 2.38. The van der Waals surface area contributed by atoms with Crippen molar-refractivity contribution in [2.45, 2.75) is 0 Å². The van der Waals surface area contributed by atoms with Crippen molar-refractivity contribution in [3.05, 3.63) is 276 Å². The number of benzene rings is 9. The molecule has 0 aliphatic rings. The van der Waals surface area contributed by atoms with Gasteiger partial charge in [0.1, 0.15) is 5.75 Å². The maximum Gasteiger partial charge on any atom is 0.119 e. The highest BCUT2D eigenvalue weighted by molar-refractivity contribution is 5.93. The quantitative estimate of drug-likeness (QED) is 0.114. The third-order valence-corrected chi connectivity index (χ3v) is 11.0. The molecule has 0 aliphatic heterocycles. The maximum atomic E-state index is 5.51. The van der Waals surface area contributed by atoms with Crippen molar-refractivity contribution in [1.82, 2.24) is 0 Å². The zero-order valence-corrected chi connectivity index (χ0v) is 34.1. The van der Waals surface area contributed by atoms with Crippen LogP contribution < -0.4 is 9.64 Å². The van der Waals surface area contributed by atoms with Crippen LogP contribution in [0.2, 0.25) is 0 Å². The molecule has 0 heterocycles. The summed E-state index contributed by atoms with van der Waals surface area (Å²) in [5, 5.41) is 0. The predicted molar refractivity (Wildman–Crippen MR) is 258 cm³/mol. The lowest BCUT2D eigenvalue weighted by Gasteiger charge is -2.26. The van der Waals surface area contributed by atoms with E-state index in [0.29, 0.717) is 0 Å². The summed E-state index contributed by atoms with van der Waals surface area (Å²) in [6, 6.07) is 85.9. The van der Waals surface area contributed by atoms with Gasteiger partial charge in [-0.05, 0) is 127 Å². The Morgan fingerprint density at radius 1 is 0.311 bits per heavy atom. The van der Waals surface area contributed by atoms with Crippen molar-refractivity contribution >= 4 is 40.4 Å². The van der Waals surface area contributed by atoms with E-state index in [9.17, 15) is 0 Å². The van der Waals surface area contributed by atoms with Gasteiger partial charge in [0.2, 0.25) is 0 Å². The zero-order chi connectivity index (χ0) is 41.2. The van der Waals surface area contributed by atoms with E-state index in [1.165, 1.54) is 44.5 Å². The molecule has 0 N–H and O–H groups in total. The van der Waals surface area contributed by atoms with Crippen LogP contribution in [0.5, 0.6) is 5.75 Å². The number of rotatable bonds is 12. The molecule has 0 radical (unpaired) electrons. The second kappa shape index (κ2) is 18.3. The topological polar surface area (TPSA) is 12.5 Å². The molecule has 0 aliphatic carbocycles. The first-order valence-corrected chi connectivity index (χ1v) is 20.7. The molecular formula is C59H45NO. The summed E-state index contributed by atoms with van der Waals surface area (Å²) >= 11 is 0. The number of nitrogens with zero attached hydrogens (tertiary/aromatic N) is 1. The zero-order valence-electron chi connectivity index (χ0n) is 34.1. The highest BCUT2D eigenvalue weighted by atomic mass is 16.5. The number of methoxy groups -OCH3 is 1. The molecule has 0 bridgehead atoms. The Bertz CT molecular complexity index is 2580. The first-order valence-electron chi connectivity index (χ1n) is 20.7. The number of hydrogen-bond donors (Lipinski definition) is 0. The van der Waals surface area contributed by atoms with Crippen molar-refractivity contribution in [3.8, 4) is 28.0 Å². The van der Waals surface area contributed by atoms with Gasteiger partial charge in [0.15, 0.2) is 0 Å². The van der Waals surface area contributed by atoms with Crippen LogP contribution in [0.15, 0.2) is 243 Å². The monoisotopic (exact) mass is 783 g/mol. The molecule has 0 spiro atoms. The van der Waals surface area contributed by atoms with Gasteiger partial charge in [-0.15, -0.1) is 0 Å². The van der Waals surface area contributed by atoms with Gasteiger partial charge in [0.05, 0.1) is 7.11 Å². The molecule has 0 amide bonds. The predicted octanol–water partition coefficient (Wildman–Crippen LogP) is 15.7. The summed E-state index contributed by atoms with van der Waals surface area (Å²) in [6.07, 6.45) is 4.55. The Labute approximate surface area is 359 Å². The molecular weight excluding hydrogens is 739 g/mol. The second-order valence-corrected chi connectivity index (χ2v) is 15.0. The lowest BCUT2D eigenvalue weighted by atomic mass is 9.95. The minimum atomic E-state index is 0.824. The van der Waals surface area contributed by atoms with Crippen LogP contribution in [0.1, 0.15) is 33.4 Å². The smallest absolute Gasteiger partial charge is 0.119 e. The van der Waals surface area contributed by atoms with Gasteiger partial charge < -0.3 is 9.64 Å². The summed E-state index contributed by atoms with van der Waals surface area (Å²) in [7, 11) is 1.70. The summed E-state index contributed by atoms with van der Waals surface area (Å²) in [5.74, 6) is 0.824. The minimum Gasteiger partial charge on any atom is -0.497 e. The van der Waals surface area contributed by atoms with Crippen molar-refractivity contribution < 1.29 is 4.74 Å². The molecule has 9 aromatic rings. The van der Waals surface area contributed by atoms with E-state index in [0.717, 1.165) is 45.1 Å². The van der Waals surface area contributed by atoms with E-state index < -0.39 is 0 Å². The van der Waals surface area contributed by atoms with Gasteiger partial charge >= 0.3 is 0 Å². The number of hydrogen-bond acceptors (Lipinski definition) is 2. The molecule has 292 valence electrons. The molecule has 0 fully saturated rings. The summed E-state index contributed by atoms with van der Waals surface area (Å²) in [5.41, 5.74) is 17.4. The SMILES string of the molecule is COc1ccc(N(c2ccc(-c3ccc(C=C(c4ccccc4)c4ccccc4)cc3)cc2)c2ccc(-c3ccc(C=C(c4ccccc4)c4ccccc4)cc3)cc2)cc1. The fraction of sp³-hybridized carbons (Fsp3) is 0.0169. The van der Waals surface area contributed by atoms with E-state index in [2.05, 4.69) is 248 Å². The largest absolute Gasteiger partial charge is 0.497 e. The molecule has 9 rings (SSSR count). The Balaban J connectivity index is 0.972. The normalized spacial score (nSPS) is 10.7. The number of ether oxygens (including phenoxy) is 1. The average Bonchev–Trinajstić information content (AvgIpc) is 3.35. The van der Waals surface area contributed by atoms with Crippen LogP contribution in [-0.4, -0.2) is 7.11 Å². The molecule has 0 aromatic heterocycles. The van der Waals surface area contributed by atoms with Crippen molar-refractivity contribution in [3.63, 3.8) is 0 Å². The molecule has 0 atom stereocenters. The average molecular weight is 784 g/mol. The lowest BCUT2D eigenvalue weighted by Crippen LogP contribution is -2.09. The molecule has 0 saturated carbocycles. The Kier molecular flexibility index (Phi) is 11.6. The molecule has 2 heteroatoms. The first-order chi connectivity index (χ1) is 30.2. The molecule has 0 unspecified atom stereocenters. The van der Waals surface area contributed by atoms with Gasteiger partial charge in [-0.25, -0.2) is 0 Å². The van der Waals surface area contributed by atoms with Crippen LogP contribution >= 0.6 is 0 Å². The van der Waals surface area contributed by atoms with Crippen molar-refractivity contribution in [2.24, 2.45) is 0 Å². The van der Waals surface area contributed by atoms with Crippen LogP contribution in [0, 0.1) is 0 Å². The summed E-state index contributed by atoms with van der Waals surface area (Å²) in [6.45, 7) is 0. The standard InChI is InChI=1S/C59H45NO/c1-61-57-40-38-56(39-41-57)60(54-34-30-48(31-35-54)46-26-22-44(23-27-46)42-58(50-14-6-2-7-15-50)51-16-8-3-9-17-51)55-36-32-49(33-37-55)47-28-24-45(25-29-47)43-59(52-18-10-4-11-19-52)53-20-12-5-13-21-53/h2-43H,1H3. The van der Waals surface area contributed by atoms with Crippen LogP contribution in [0.25, 0.3) is 45.6 Å². The lowest BCUT2D eigenvalue weighted by molar-refractivity contribution is 0.415. The van der Waals surface area contributed by atoms with Gasteiger partial charge in [-0.2, -0.15) is 0 Å². The van der Waals surface area contributed by atoms with Crippen LogP contribution in [0.3, 0.4) is 0 Å². The van der Waals surface area contributed by atoms with E-state index in [1.807, 2.05) is 12.1 Å². The Hall–Kier alpha value is -7.94. The highest BCUT2D eigenvalue weighted by Gasteiger charge is 2.14. The Morgan fingerprint density at radius 3 is 0.852 bits per heavy atom. The summed E-state index contributed by atoms with van der Waals surface area (Å²) in [4.78, 5) is 2.29. The van der Waals surface area contributed by atoms with E-state index in [1.54, 1.807) is 7.11 Å². The number of anilines is 3. The first kappa shape index (κ1) is 38.6. The van der Waals surface area contributed by atoms with E-state index >= 15 is 0 Å². The fourth-order valence-electron chi connectivity index (χ4n) is 7.80. The minimum absolute atomic E-state index is 0.824. The third-order valence-electron chi connectivity index (χ3n) is 11.0. The van der Waals surface area contributed by atoms with E-state index in [-0.39, 0.29) is 0 Å². The summed E-state index contributed by atoms with van der Waals surface area (Å²) < 4.78 is 5.51. The molecule has 0 saturated heterocycles. The van der Waals surface area contributed by atoms with Gasteiger partial charge in [0.25, 0.3) is 0 Å². The van der Waals surface area contributed by atoms with Gasteiger partial charge in [-0.1, -0.05) is 194 Å². The Morgan fingerprint density at radius 2 is 0.574 bits per heavy atom.